The van der Waals surface area contributed by atoms with Gasteiger partial charge in [-0.2, -0.15) is 0 Å². The van der Waals surface area contributed by atoms with Crippen LogP contribution in [0.4, 0.5) is 0 Å². The third-order valence-corrected chi connectivity index (χ3v) is 3.17. The topological polar surface area (TPSA) is 55.8 Å². The van der Waals surface area contributed by atoms with E-state index in [-0.39, 0.29) is 4.77 Å². The van der Waals surface area contributed by atoms with Gasteiger partial charge in [0.1, 0.15) is 6.26 Å². The van der Waals surface area contributed by atoms with Crippen LogP contribution in [-0.4, -0.2) is 19.3 Å². The molecule has 60 valence electrons. The fourth-order valence-electron chi connectivity index (χ4n) is 0.320. The molecular formula is C4H8ClO4P. The van der Waals surface area contributed by atoms with Crippen LogP contribution in [0, 0.1) is 0 Å². The van der Waals surface area contributed by atoms with E-state index in [1.54, 1.807) is 0 Å². The van der Waals surface area contributed by atoms with Crippen molar-refractivity contribution in [1.29, 1.82) is 0 Å². The molecule has 0 saturated heterocycles. The molecule has 0 rings (SSSR count). The lowest BCUT2D eigenvalue weighted by Gasteiger charge is -2.10. The van der Waals surface area contributed by atoms with Gasteiger partial charge in [0.25, 0.3) is 0 Å². The molecular weight excluding hydrogens is 178 g/mol. The second-order valence-electron chi connectivity index (χ2n) is 1.31. The Labute approximate surface area is 63.9 Å². The molecule has 10 heavy (non-hydrogen) atoms. The summed E-state index contributed by atoms with van der Waals surface area (Å²) in [4.78, 5) is 0. The minimum Gasteiger partial charge on any atom is -0.514 e. The molecule has 0 radical (unpaired) electrons. The molecule has 0 aliphatic carbocycles. The van der Waals surface area contributed by atoms with Crippen LogP contribution in [0.1, 0.15) is 0 Å². The van der Waals surface area contributed by atoms with Crippen molar-refractivity contribution in [2.24, 2.45) is 0 Å². The van der Waals surface area contributed by atoms with Crippen LogP contribution in [0.3, 0.4) is 0 Å². The molecule has 0 aromatic carbocycles. The second-order valence-corrected chi connectivity index (χ2v) is 4.19. The van der Waals surface area contributed by atoms with E-state index in [2.05, 4.69) is 9.05 Å². The van der Waals surface area contributed by atoms with Gasteiger partial charge in [-0.3, -0.25) is 4.57 Å². The van der Waals surface area contributed by atoms with Gasteiger partial charge in [0.15, 0.2) is 4.77 Å². The second kappa shape index (κ2) is 3.98. The Bertz CT molecular complexity index is 170. The molecule has 0 aromatic rings. The van der Waals surface area contributed by atoms with Crippen LogP contribution in [-0.2, 0) is 13.6 Å². The number of aliphatic hydroxyl groups is 1. The smallest absolute Gasteiger partial charge is 0.375 e. The summed E-state index contributed by atoms with van der Waals surface area (Å²) in [5.41, 5.74) is 0. The minimum absolute atomic E-state index is 0.336. The predicted octanol–water partition coefficient (Wildman–Crippen LogP) is 2.07. The van der Waals surface area contributed by atoms with Gasteiger partial charge in [-0.25, -0.2) is 0 Å². The Morgan fingerprint density at radius 2 is 2.00 bits per heavy atom. The summed E-state index contributed by atoms with van der Waals surface area (Å²) in [5.74, 6) is 0. The molecule has 4 nitrogen and oxygen atoms in total. The summed E-state index contributed by atoms with van der Waals surface area (Å²) in [5, 5.41) is 8.31. The van der Waals surface area contributed by atoms with E-state index in [1.165, 1.54) is 14.2 Å². The molecule has 0 spiro atoms. The normalized spacial score (nSPS) is 13.7. The highest BCUT2D eigenvalue weighted by atomic mass is 35.5. The van der Waals surface area contributed by atoms with Gasteiger partial charge in [-0.15, -0.1) is 0 Å². The molecule has 0 amide bonds. The zero-order valence-electron chi connectivity index (χ0n) is 5.57. The van der Waals surface area contributed by atoms with Gasteiger partial charge >= 0.3 is 7.60 Å². The summed E-state index contributed by atoms with van der Waals surface area (Å²) in [6.07, 6.45) is 0.481. The van der Waals surface area contributed by atoms with Crippen LogP contribution in [0.15, 0.2) is 11.0 Å². The van der Waals surface area contributed by atoms with E-state index < -0.39 is 7.60 Å². The van der Waals surface area contributed by atoms with E-state index in [1.807, 2.05) is 0 Å². The number of hydrogen-bond donors (Lipinski definition) is 1. The average Bonchev–Trinajstić information content (AvgIpc) is 2.01. The van der Waals surface area contributed by atoms with Crippen molar-refractivity contribution in [3.63, 3.8) is 0 Å². The number of halogens is 1. The molecule has 0 fully saturated rings. The Balaban J connectivity index is 4.50. The molecule has 0 aliphatic rings. The van der Waals surface area contributed by atoms with Crippen molar-refractivity contribution in [2.45, 2.75) is 0 Å². The van der Waals surface area contributed by atoms with E-state index in [0.717, 1.165) is 0 Å². The maximum absolute atomic E-state index is 11.1. The lowest BCUT2D eigenvalue weighted by atomic mass is 11.2. The van der Waals surface area contributed by atoms with Crippen molar-refractivity contribution in [2.75, 3.05) is 14.2 Å². The van der Waals surface area contributed by atoms with Crippen LogP contribution >= 0.6 is 19.2 Å². The first-order valence-electron chi connectivity index (χ1n) is 2.32. The fraction of sp³-hybridized carbons (Fsp3) is 0.500. The number of hydrogen-bond acceptors (Lipinski definition) is 4. The first-order valence-corrected chi connectivity index (χ1v) is 4.24. The van der Waals surface area contributed by atoms with Crippen molar-refractivity contribution < 1.29 is 18.7 Å². The Kier molecular flexibility index (Phi) is 3.98. The van der Waals surface area contributed by atoms with Crippen LogP contribution in [0.2, 0.25) is 0 Å². The predicted molar refractivity (Wildman–Crippen MR) is 38.2 cm³/mol. The van der Waals surface area contributed by atoms with Crippen LogP contribution in [0.25, 0.3) is 0 Å². The summed E-state index contributed by atoms with van der Waals surface area (Å²) >= 11 is 5.27. The van der Waals surface area contributed by atoms with E-state index in [0.29, 0.717) is 6.26 Å². The van der Waals surface area contributed by atoms with Crippen LogP contribution < -0.4 is 0 Å². The highest BCUT2D eigenvalue weighted by Gasteiger charge is 2.25. The summed E-state index contributed by atoms with van der Waals surface area (Å²) in [6, 6.07) is 0. The quantitative estimate of drug-likeness (QED) is 0.542. The highest BCUT2D eigenvalue weighted by Crippen LogP contribution is 2.56. The summed E-state index contributed by atoms with van der Waals surface area (Å²) < 4.78 is 19.6. The van der Waals surface area contributed by atoms with Gasteiger partial charge in [0.2, 0.25) is 0 Å². The zero-order valence-corrected chi connectivity index (χ0v) is 7.22. The standard InChI is InChI=1S/C4H8ClO4P/c1-8-10(7,9-2)4(5)3-6/h3,6H,1-2H3/b4-3+. The largest absolute Gasteiger partial charge is 0.514 e. The fourth-order valence-corrected chi connectivity index (χ4v) is 1.37. The van der Waals surface area contributed by atoms with Gasteiger partial charge in [-0.1, -0.05) is 11.6 Å². The van der Waals surface area contributed by atoms with Gasteiger partial charge in [0.05, 0.1) is 0 Å². The minimum atomic E-state index is -3.40. The van der Waals surface area contributed by atoms with Crippen molar-refractivity contribution in [3.8, 4) is 0 Å². The maximum atomic E-state index is 11.1. The molecule has 0 aromatic heterocycles. The Hall–Kier alpha value is -0.0200. The Morgan fingerprint density at radius 3 is 2.10 bits per heavy atom. The van der Waals surface area contributed by atoms with Crippen molar-refractivity contribution in [1.82, 2.24) is 0 Å². The SMILES string of the molecule is COP(=O)(OC)/C(Cl)=C/O. The van der Waals surface area contributed by atoms with Gasteiger partial charge in [-0.05, 0) is 0 Å². The van der Waals surface area contributed by atoms with E-state index in [9.17, 15) is 4.57 Å². The first kappa shape index (κ1) is 9.98. The molecule has 0 unspecified atom stereocenters. The average molecular weight is 187 g/mol. The van der Waals surface area contributed by atoms with Crippen molar-refractivity contribution >= 4 is 19.2 Å². The van der Waals surface area contributed by atoms with E-state index >= 15 is 0 Å². The molecule has 6 heteroatoms. The van der Waals surface area contributed by atoms with Crippen molar-refractivity contribution in [3.05, 3.63) is 11.0 Å². The third-order valence-electron chi connectivity index (χ3n) is 0.849. The Morgan fingerprint density at radius 1 is 1.60 bits per heavy atom. The highest BCUT2D eigenvalue weighted by molar-refractivity contribution is 7.60. The maximum Gasteiger partial charge on any atom is 0.375 e. The number of aliphatic hydroxyl groups excluding tert-OH is 1. The summed E-state index contributed by atoms with van der Waals surface area (Å²) in [6.45, 7) is 0. The molecule has 0 aliphatic heterocycles. The zero-order chi connectivity index (χ0) is 8.20. The first-order chi connectivity index (χ1) is 4.60. The molecule has 0 heterocycles. The van der Waals surface area contributed by atoms with Crippen LogP contribution in [0.5, 0.6) is 0 Å². The van der Waals surface area contributed by atoms with Gasteiger partial charge < -0.3 is 14.2 Å². The lowest BCUT2D eigenvalue weighted by molar-refractivity contribution is 0.284. The molecule has 0 saturated carbocycles. The molecule has 0 atom stereocenters. The van der Waals surface area contributed by atoms with Gasteiger partial charge in [0, 0.05) is 14.2 Å². The van der Waals surface area contributed by atoms with E-state index in [4.69, 9.17) is 16.7 Å². The number of rotatable bonds is 3. The molecule has 0 bridgehead atoms. The lowest BCUT2D eigenvalue weighted by Crippen LogP contribution is -1.87. The molecule has 1 N–H and O–H groups in total. The summed E-state index contributed by atoms with van der Waals surface area (Å²) in [7, 11) is -1.04. The third kappa shape index (κ3) is 1.99. The monoisotopic (exact) mass is 186 g/mol.